The zero-order chi connectivity index (χ0) is 19.9. The maximum atomic E-state index is 12.5. The van der Waals surface area contributed by atoms with Crippen molar-refractivity contribution < 1.29 is 28.4 Å². The Labute approximate surface area is 153 Å². The van der Waals surface area contributed by atoms with E-state index in [-0.39, 0.29) is 30.8 Å². The van der Waals surface area contributed by atoms with Gasteiger partial charge in [0.2, 0.25) is 15.9 Å². The van der Waals surface area contributed by atoms with Crippen molar-refractivity contribution in [1.29, 1.82) is 0 Å². The van der Waals surface area contributed by atoms with Gasteiger partial charge in [-0.1, -0.05) is 17.7 Å². The number of aryl methyl sites for hydroxylation is 1. The maximum absolute atomic E-state index is 12.5. The Balaban J connectivity index is 2.99. The topological polar surface area (TPSA) is 127 Å². The lowest BCUT2D eigenvalue weighted by atomic mass is 10.1. The van der Waals surface area contributed by atoms with Gasteiger partial charge in [0.25, 0.3) is 5.91 Å². The molecule has 0 saturated heterocycles. The fourth-order valence-corrected chi connectivity index (χ4v) is 3.34. The van der Waals surface area contributed by atoms with Crippen LogP contribution in [0.1, 0.15) is 32.3 Å². The Morgan fingerprint density at radius 1 is 1.08 bits per heavy atom. The van der Waals surface area contributed by atoms with E-state index < -0.39 is 27.9 Å². The fraction of sp³-hybridized carbons (Fsp3) is 0.500. The van der Waals surface area contributed by atoms with Crippen LogP contribution in [-0.2, 0) is 19.6 Å². The molecule has 1 atom stereocenters. The van der Waals surface area contributed by atoms with E-state index >= 15 is 0 Å². The summed E-state index contributed by atoms with van der Waals surface area (Å²) in [5.41, 5.74) is 0.872. The number of likely N-dealkylation sites (N-methyl/N-ethyl adjacent to an activating group) is 1. The molecule has 0 unspecified atom stereocenters. The Bertz CT molecular complexity index is 720. The molecule has 9 nitrogen and oxygen atoms in total. The first-order valence-electron chi connectivity index (χ1n) is 8.20. The molecular weight excluding hydrogens is 362 g/mol. The highest BCUT2D eigenvalue weighted by atomic mass is 32.2. The maximum Gasteiger partial charge on any atom is 0.264 e. The second kappa shape index (κ2) is 9.62. The molecule has 0 aliphatic heterocycles. The molecule has 0 bridgehead atoms. The fourth-order valence-electron chi connectivity index (χ4n) is 2.11. The molecule has 3 N–H and O–H groups in total. The molecule has 0 spiro atoms. The molecule has 1 rings (SSSR count). The molecule has 0 fully saturated rings. The highest BCUT2D eigenvalue weighted by molar-refractivity contribution is 7.89. The summed E-state index contributed by atoms with van der Waals surface area (Å²) in [4.78, 5) is 23.9. The number of hydrogen-bond donors (Lipinski definition) is 3. The summed E-state index contributed by atoms with van der Waals surface area (Å²) in [6.07, 6.45) is -0.481. The van der Waals surface area contributed by atoms with E-state index in [4.69, 9.17) is 0 Å². The number of benzene rings is 1. The quantitative estimate of drug-likeness (QED) is 0.427. The van der Waals surface area contributed by atoms with Gasteiger partial charge >= 0.3 is 0 Å². The van der Waals surface area contributed by atoms with E-state index in [2.05, 4.69) is 4.72 Å². The van der Waals surface area contributed by atoms with Crippen LogP contribution in [-0.4, -0.2) is 59.9 Å². The van der Waals surface area contributed by atoms with Gasteiger partial charge in [-0.05, 0) is 39.3 Å². The van der Waals surface area contributed by atoms with Crippen molar-refractivity contribution >= 4 is 21.8 Å². The van der Waals surface area contributed by atoms with Gasteiger partial charge in [-0.2, -0.15) is 4.72 Å². The van der Waals surface area contributed by atoms with Crippen molar-refractivity contribution in [1.82, 2.24) is 14.8 Å². The summed E-state index contributed by atoms with van der Waals surface area (Å²) in [6, 6.07) is 4.68. The third kappa shape index (κ3) is 6.06. The summed E-state index contributed by atoms with van der Waals surface area (Å²) in [5.74, 6) is -1.53. The van der Waals surface area contributed by atoms with E-state index in [0.29, 0.717) is 10.1 Å². The summed E-state index contributed by atoms with van der Waals surface area (Å²) in [7, 11) is -4.03. The second-order valence-electron chi connectivity index (χ2n) is 5.69. The number of sulfonamides is 1. The summed E-state index contributed by atoms with van der Waals surface area (Å²) in [6.45, 7) is 4.90. The smallest absolute Gasteiger partial charge is 0.264 e. The first-order chi connectivity index (χ1) is 12.1. The summed E-state index contributed by atoms with van der Waals surface area (Å²) in [5, 5.41) is 19.9. The zero-order valence-corrected chi connectivity index (χ0v) is 15.9. The lowest BCUT2D eigenvalue weighted by Crippen LogP contribution is -2.48. The number of carbonyl (C=O) groups is 2. The van der Waals surface area contributed by atoms with Crippen molar-refractivity contribution in [2.45, 2.75) is 44.6 Å². The average molecular weight is 387 g/mol. The number of nitrogens with one attached hydrogen (secondary N) is 1. The van der Waals surface area contributed by atoms with Crippen LogP contribution in [0.4, 0.5) is 0 Å². The predicted molar refractivity (Wildman–Crippen MR) is 92.9 cm³/mol. The first-order valence-corrected chi connectivity index (χ1v) is 9.69. The van der Waals surface area contributed by atoms with Crippen LogP contribution < -0.4 is 4.72 Å². The van der Waals surface area contributed by atoms with Gasteiger partial charge in [-0.15, -0.1) is 0 Å². The third-order valence-electron chi connectivity index (χ3n) is 3.72. The SMILES string of the molecule is CCN(O)C(=O)CC[C@H](NS(=O)(=O)c1ccc(C)cc1)C(=O)N(O)CC. The molecule has 0 radical (unpaired) electrons. The molecule has 0 heterocycles. The van der Waals surface area contributed by atoms with Crippen LogP contribution in [0.2, 0.25) is 0 Å². The largest absolute Gasteiger partial charge is 0.286 e. The predicted octanol–water partition coefficient (Wildman–Crippen LogP) is 0.898. The number of hydroxylamine groups is 4. The number of carbonyl (C=O) groups excluding carboxylic acids is 2. The van der Waals surface area contributed by atoms with Crippen molar-refractivity contribution in [3.63, 3.8) is 0 Å². The minimum absolute atomic E-state index is 0.0365. The van der Waals surface area contributed by atoms with Gasteiger partial charge < -0.3 is 0 Å². The lowest BCUT2D eigenvalue weighted by Gasteiger charge is -2.22. The Kier molecular flexibility index (Phi) is 8.15. The van der Waals surface area contributed by atoms with Crippen molar-refractivity contribution in [2.24, 2.45) is 0 Å². The van der Waals surface area contributed by atoms with Gasteiger partial charge in [0.15, 0.2) is 0 Å². The molecule has 0 saturated carbocycles. The molecule has 10 heteroatoms. The van der Waals surface area contributed by atoms with Gasteiger partial charge in [0, 0.05) is 19.5 Å². The highest BCUT2D eigenvalue weighted by Crippen LogP contribution is 2.13. The van der Waals surface area contributed by atoms with Crippen LogP contribution in [0.25, 0.3) is 0 Å². The minimum Gasteiger partial charge on any atom is -0.286 e. The molecule has 146 valence electrons. The molecule has 0 aliphatic carbocycles. The van der Waals surface area contributed by atoms with E-state index in [0.717, 1.165) is 5.56 Å². The number of amides is 2. The number of rotatable bonds is 9. The van der Waals surface area contributed by atoms with Crippen LogP contribution in [0.5, 0.6) is 0 Å². The first kappa shape index (κ1) is 22.0. The Morgan fingerprint density at radius 3 is 2.12 bits per heavy atom. The molecule has 1 aromatic carbocycles. The summed E-state index contributed by atoms with van der Waals surface area (Å²) < 4.78 is 27.2. The number of hydrogen-bond acceptors (Lipinski definition) is 6. The standard InChI is InChI=1S/C16H25N3O6S/c1-4-18(22)15(20)11-10-14(16(21)19(23)5-2)17-26(24,25)13-8-6-12(3)7-9-13/h6-9,14,17,22-23H,4-5,10-11H2,1-3H3/t14-/m0/s1. The summed E-state index contributed by atoms with van der Waals surface area (Å²) >= 11 is 0. The van der Waals surface area contributed by atoms with Crippen LogP contribution in [0.3, 0.4) is 0 Å². The van der Waals surface area contributed by atoms with E-state index in [9.17, 15) is 28.4 Å². The average Bonchev–Trinajstić information content (AvgIpc) is 2.62. The van der Waals surface area contributed by atoms with E-state index in [1.54, 1.807) is 26.0 Å². The van der Waals surface area contributed by atoms with E-state index in [1.807, 2.05) is 0 Å². The Morgan fingerprint density at radius 2 is 1.62 bits per heavy atom. The van der Waals surface area contributed by atoms with Crippen LogP contribution in [0, 0.1) is 6.92 Å². The van der Waals surface area contributed by atoms with Crippen molar-refractivity contribution in [3.05, 3.63) is 29.8 Å². The minimum atomic E-state index is -4.03. The van der Waals surface area contributed by atoms with E-state index in [1.165, 1.54) is 19.1 Å². The molecule has 26 heavy (non-hydrogen) atoms. The second-order valence-corrected chi connectivity index (χ2v) is 7.40. The molecule has 0 aromatic heterocycles. The normalized spacial score (nSPS) is 12.5. The monoisotopic (exact) mass is 387 g/mol. The molecule has 0 aliphatic rings. The van der Waals surface area contributed by atoms with Gasteiger partial charge in [0.1, 0.15) is 6.04 Å². The molecule has 1 aromatic rings. The number of nitrogens with zero attached hydrogens (tertiary/aromatic N) is 2. The Hall–Kier alpha value is -2.01. The van der Waals surface area contributed by atoms with Gasteiger partial charge in [-0.3, -0.25) is 20.0 Å². The molecule has 2 amide bonds. The third-order valence-corrected chi connectivity index (χ3v) is 5.20. The molecular formula is C16H25N3O6S. The van der Waals surface area contributed by atoms with Crippen molar-refractivity contribution in [2.75, 3.05) is 13.1 Å². The van der Waals surface area contributed by atoms with Gasteiger partial charge in [-0.25, -0.2) is 18.5 Å². The zero-order valence-electron chi connectivity index (χ0n) is 15.0. The van der Waals surface area contributed by atoms with Crippen molar-refractivity contribution in [3.8, 4) is 0 Å². The van der Waals surface area contributed by atoms with Crippen LogP contribution >= 0.6 is 0 Å². The lowest BCUT2D eigenvalue weighted by molar-refractivity contribution is -0.168. The highest BCUT2D eigenvalue weighted by Gasteiger charge is 2.29. The van der Waals surface area contributed by atoms with Crippen LogP contribution in [0.15, 0.2) is 29.2 Å². The van der Waals surface area contributed by atoms with Gasteiger partial charge in [0.05, 0.1) is 4.90 Å².